The van der Waals surface area contributed by atoms with Gasteiger partial charge in [-0.25, -0.2) is 4.79 Å². The summed E-state index contributed by atoms with van der Waals surface area (Å²) in [7, 11) is 1.91. The van der Waals surface area contributed by atoms with Crippen molar-refractivity contribution >= 4 is 48.4 Å². The Labute approximate surface area is 131 Å². The molecule has 0 atom stereocenters. The number of aryl methyl sites for hydroxylation is 1. The van der Waals surface area contributed by atoms with E-state index in [0.717, 1.165) is 10.9 Å². The zero-order valence-electron chi connectivity index (χ0n) is 12.4. The summed E-state index contributed by atoms with van der Waals surface area (Å²) in [6.07, 6.45) is 0. The van der Waals surface area contributed by atoms with Crippen molar-refractivity contribution in [3.63, 3.8) is 0 Å². The summed E-state index contributed by atoms with van der Waals surface area (Å²) in [5.74, 6) is -0.268. The predicted octanol–water partition coefficient (Wildman–Crippen LogP) is 4.72. The van der Waals surface area contributed by atoms with Crippen LogP contribution in [-0.4, -0.2) is 17.1 Å². The van der Waals surface area contributed by atoms with Crippen LogP contribution < -0.4 is 0 Å². The number of rotatable bonds is 2. The first-order valence-electron chi connectivity index (χ1n) is 7.27. The fourth-order valence-corrected chi connectivity index (χ4v) is 4.21. The second-order valence-corrected chi connectivity index (χ2v) is 6.33. The standard InChI is InChI=1S/C18H15NO2S/c1-3-21-18(20)15-10-13-14(19(15)2)9-8-12-11-6-4-5-7-16(11)22-17(12)13/h4-10H,3H2,1-2H3. The van der Waals surface area contributed by atoms with Gasteiger partial charge in [0.15, 0.2) is 0 Å². The van der Waals surface area contributed by atoms with E-state index in [1.807, 2.05) is 24.6 Å². The van der Waals surface area contributed by atoms with E-state index in [1.54, 1.807) is 11.3 Å². The highest BCUT2D eigenvalue weighted by Crippen LogP contribution is 2.39. The van der Waals surface area contributed by atoms with Crippen LogP contribution in [0.4, 0.5) is 0 Å². The number of nitrogens with zero attached hydrogens (tertiary/aromatic N) is 1. The van der Waals surface area contributed by atoms with Crippen LogP contribution >= 0.6 is 11.3 Å². The van der Waals surface area contributed by atoms with Crippen LogP contribution in [0.15, 0.2) is 42.5 Å². The number of benzene rings is 2. The molecule has 0 bridgehead atoms. The molecule has 0 saturated carbocycles. The molecule has 0 saturated heterocycles. The van der Waals surface area contributed by atoms with Gasteiger partial charge in [-0.3, -0.25) is 0 Å². The van der Waals surface area contributed by atoms with Gasteiger partial charge in [0.05, 0.1) is 6.61 Å². The highest BCUT2D eigenvalue weighted by molar-refractivity contribution is 7.26. The summed E-state index contributed by atoms with van der Waals surface area (Å²) in [5.41, 5.74) is 1.66. The number of hydrogen-bond donors (Lipinski definition) is 0. The molecule has 2 heterocycles. The minimum Gasteiger partial charge on any atom is -0.461 e. The Hall–Kier alpha value is -2.33. The highest BCUT2D eigenvalue weighted by Gasteiger charge is 2.17. The molecule has 4 rings (SSSR count). The zero-order valence-corrected chi connectivity index (χ0v) is 13.2. The number of thiophene rings is 1. The van der Waals surface area contributed by atoms with Gasteiger partial charge in [0.2, 0.25) is 0 Å². The van der Waals surface area contributed by atoms with E-state index in [-0.39, 0.29) is 5.97 Å². The van der Waals surface area contributed by atoms with Gasteiger partial charge >= 0.3 is 5.97 Å². The number of ether oxygens (including phenoxy) is 1. The van der Waals surface area contributed by atoms with Gasteiger partial charge in [0, 0.05) is 38.1 Å². The van der Waals surface area contributed by atoms with E-state index >= 15 is 0 Å². The van der Waals surface area contributed by atoms with E-state index < -0.39 is 0 Å². The van der Waals surface area contributed by atoms with Crippen molar-refractivity contribution < 1.29 is 9.53 Å². The van der Waals surface area contributed by atoms with E-state index in [4.69, 9.17) is 4.74 Å². The molecule has 3 nitrogen and oxygen atoms in total. The molecule has 110 valence electrons. The first-order valence-corrected chi connectivity index (χ1v) is 8.09. The van der Waals surface area contributed by atoms with E-state index in [2.05, 4.69) is 36.4 Å². The van der Waals surface area contributed by atoms with Gasteiger partial charge in [-0.15, -0.1) is 11.3 Å². The first kappa shape index (κ1) is 13.3. The Morgan fingerprint density at radius 3 is 2.77 bits per heavy atom. The maximum atomic E-state index is 12.1. The fraction of sp³-hybridized carbons (Fsp3) is 0.167. The molecule has 0 spiro atoms. The van der Waals surface area contributed by atoms with Crippen LogP contribution in [0.25, 0.3) is 31.1 Å². The molecule has 4 heteroatoms. The average Bonchev–Trinajstić information content (AvgIpc) is 3.06. The van der Waals surface area contributed by atoms with Gasteiger partial charge in [0.1, 0.15) is 5.69 Å². The van der Waals surface area contributed by atoms with Crippen molar-refractivity contribution in [2.75, 3.05) is 6.61 Å². The quantitative estimate of drug-likeness (QED) is 0.502. The average molecular weight is 309 g/mol. The topological polar surface area (TPSA) is 31.2 Å². The molecular formula is C18H15NO2S. The minimum atomic E-state index is -0.268. The van der Waals surface area contributed by atoms with Crippen LogP contribution in [0.1, 0.15) is 17.4 Å². The number of carbonyl (C=O) groups excluding carboxylic acids is 1. The van der Waals surface area contributed by atoms with Crippen molar-refractivity contribution in [3.05, 3.63) is 48.2 Å². The summed E-state index contributed by atoms with van der Waals surface area (Å²) in [6.45, 7) is 2.21. The van der Waals surface area contributed by atoms with E-state index in [9.17, 15) is 4.79 Å². The van der Waals surface area contributed by atoms with Crippen LogP contribution in [0.2, 0.25) is 0 Å². The summed E-state index contributed by atoms with van der Waals surface area (Å²) < 4.78 is 9.56. The van der Waals surface area contributed by atoms with Crippen molar-refractivity contribution in [1.29, 1.82) is 0 Å². The Morgan fingerprint density at radius 2 is 1.95 bits per heavy atom. The molecule has 2 aromatic heterocycles. The lowest BCUT2D eigenvalue weighted by molar-refractivity contribution is 0.0516. The largest absolute Gasteiger partial charge is 0.461 e. The van der Waals surface area contributed by atoms with E-state index in [1.165, 1.54) is 20.2 Å². The molecule has 0 unspecified atom stereocenters. The molecule has 0 aliphatic carbocycles. The normalized spacial score (nSPS) is 11.5. The maximum Gasteiger partial charge on any atom is 0.354 e. The number of fused-ring (bicyclic) bond motifs is 5. The highest BCUT2D eigenvalue weighted by atomic mass is 32.1. The Balaban J connectivity index is 2.07. The van der Waals surface area contributed by atoms with Crippen molar-refractivity contribution in [1.82, 2.24) is 4.57 Å². The minimum absolute atomic E-state index is 0.268. The maximum absolute atomic E-state index is 12.1. The van der Waals surface area contributed by atoms with Gasteiger partial charge in [-0.1, -0.05) is 24.3 Å². The molecule has 0 aliphatic heterocycles. The van der Waals surface area contributed by atoms with Gasteiger partial charge in [0.25, 0.3) is 0 Å². The van der Waals surface area contributed by atoms with Gasteiger partial charge < -0.3 is 9.30 Å². The molecule has 0 aliphatic rings. The third-order valence-corrected chi connectivity index (χ3v) is 5.27. The Bertz CT molecular complexity index is 1030. The monoisotopic (exact) mass is 309 g/mol. The molecule has 4 aromatic rings. The van der Waals surface area contributed by atoms with Gasteiger partial charge in [-0.2, -0.15) is 0 Å². The zero-order chi connectivity index (χ0) is 15.3. The van der Waals surface area contributed by atoms with Gasteiger partial charge in [-0.05, 0) is 25.1 Å². The lowest BCUT2D eigenvalue weighted by atomic mass is 10.1. The summed E-state index contributed by atoms with van der Waals surface area (Å²) in [6, 6.07) is 14.6. The van der Waals surface area contributed by atoms with E-state index in [0.29, 0.717) is 12.3 Å². The lowest BCUT2D eigenvalue weighted by Gasteiger charge is -2.03. The second-order valence-electron chi connectivity index (χ2n) is 5.28. The third kappa shape index (κ3) is 1.77. The second kappa shape index (κ2) is 4.85. The number of hydrogen-bond acceptors (Lipinski definition) is 3. The summed E-state index contributed by atoms with van der Waals surface area (Å²) in [4.78, 5) is 12.1. The van der Waals surface area contributed by atoms with Crippen molar-refractivity contribution in [2.24, 2.45) is 7.05 Å². The molecular weight excluding hydrogens is 294 g/mol. The van der Waals surface area contributed by atoms with Crippen LogP contribution in [0.3, 0.4) is 0 Å². The number of esters is 1. The third-order valence-electron chi connectivity index (χ3n) is 4.05. The summed E-state index contributed by atoms with van der Waals surface area (Å²) >= 11 is 1.77. The fourth-order valence-electron chi connectivity index (χ4n) is 3.00. The van der Waals surface area contributed by atoms with Crippen LogP contribution in [0, 0.1) is 0 Å². The number of aromatic nitrogens is 1. The van der Waals surface area contributed by atoms with Crippen molar-refractivity contribution in [2.45, 2.75) is 6.92 Å². The molecule has 0 radical (unpaired) electrons. The smallest absolute Gasteiger partial charge is 0.354 e. The van der Waals surface area contributed by atoms with Crippen molar-refractivity contribution in [3.8, 4) is 0 Å². The predicted molar refractivity (Wildman–Crippen MR) is 91.8 cm³/mol. The molecule has 2 aromatic carbocycles. The molecule has 0 fully saturated rings. The Kier molecular flexibility index (Phi) is 2.94. The SMILES string of the molecule is CCOC(=O)c1cc2c3sc4ccccc4c3ccc2n1C. The molecule has 22 heavy (non-hydrogen) atoms. The molecule has 0 amide bonds. The molecule has 0 N–H and O–H groups in total. The number of carbonyl (C=O) groups is 1. The summed E-state index contributed by atoms with van der Waals surface area (Å²) in [5, 5.41) is 3.63. The Morgan fingerprint density at radius 1 is 1.14 bits per heavy atom. The van der Waals surface area contributed by atoms with Crippen LogP contribution in [0.5, 0.6) is 0 Å². The lowest BCUT2D eigenvalue weighted by Crippen LogP contribution is -2.09. The van der Waals surface area contributed by atoms with Crippen LogP contribution in [-0.2, 0) is 11.8 Å². The first-order chi connectivity index (χ1) is 10.7.